The van der Waals surface area contributed by atoms with Crippen LogP contribution in [0.4, 0.5) is 13.9 Å². The number of hydrogen-bond donors (Lipinski definition) is 1. The molecular formula is C21H15F2N3O3S. The van der Waals surface area contributed by atoms with Crippen LogP contribution in [-0.4, -0.2) is 22.5 Å². The molecular weight excluding hydrogens is 412 g/mol. The van der Waals surface area contributed by atoms with Crippen molar-refractivity contribution in [2.24, 2.45) is 0 Å². The van der Waals surface area contributed by atoms with Gasteiger partial charge in [-0.05, 0) is 31.2 Å². The van der Waals surface area contributed by atoms with Gasteiger partial charge < -0.3 is 9.15 Å². The number of aryl methyl sites for hydroxylation is 1. The van der Waals surface area contributed by atoms with Gasteiger partial charge in [-0.3, -0.25) is 10.1 Å². The van der Waals surface area contributed by atoms with Gasteiger partial charge in [-0.25, -0.2) is 9.97 Å². The molecule has 0 aliphatic heterocycles. The van der Waals surface area contributed by atoms with Gasteiger partial charge in [-0.2, -0.15) is 8.78 Å². The predicted molar refractivity (Wildman–Crippen MR) is 109 cm³/mol. The second-order valence-corrected chi connectivity index (χ2v) is 7.01. The van der Waals surface area contributed by atoms with Gasteiger partial charge in [0.25, 0.3) is 5.91 Å². The monoisotopic (exact) mass is 427 g/mol. The van der Waals surface area contributed by atoms with Crippen molar-refractivity contribution in [1.82, 2.24) is 9.97 Å². The molecule has 0 fully saturated rings. The fourth-order valence-electron chi connectivity index (χ4n) is 2.80. The molecule has 0 saturated carbocycles. The van der Waals surface area contributed by atoms with Crippen molar-refractivity contribution in [3.63, 3.8) is 0 Å². The molecule has 4 rings (SSSR count). The molecule has 0 unspecified atom stereocenters. The topological polar surface area (TPSA) is 77.3 Å². The molecule has 0 bridgehead atoms. The molecule has 2 aromatic heterocycles. The minimum atomic E-state index is -2.95. The fourth-order valence-corrected chi connectivity index (χ4v) is 3.51. The number of nitrogens with zero attached hydrogens (tertiary/aromatic N) is 2. The minimum Gasteiger partial charge on any atom is -0.441 e. The van der Waals surface area contributed by atoms with Gasteiger partial charge in [-0.1, -0.05) is 30.3 Å². The molecule has 0 spiro atoms. The summed E-state index contributed by atoms with van der Waals surface area (Å²) in [5.41, 5.74) is 1.71. The Morgan fingerprint density at radius 1 is 1.10 bits per heavy atom. The first kappa shape index (κ1) is 19.7. The number of ether oxygens (including phenoxy) is 1. The zero-order valence-electron chi connectivity index (χ0n) is 15.6. The van der Waals surface area contributed by atoms with Gasteiger partial charge in [0.05, 0.1) is 5.69 Å². The zero-order valence-corrected chi connectivity index (χ0v) is 16.5. The molecule has 152 valence electrons. The first-order valence-corrected chi connectivity index (χ1v) is 9.73. The highest BCUT2D eigenvalue weighted by Crippen LogP contribution is 2.33. The molecule has 9 heteroatoms. The molecule has 2 heterocycles. The normalized spacial score (nSPS) is 10.9. The van der Waals surface area contributed by atoms with E-state index >= 15 is 0 Å². The number of nitrogens with one attached hydrogen (secondary N) is 1. The maximum atomic E-state index is 12.6. The highest BCUT2D eigenvalue weighted by Gasteiger charge is 2.20. The molecule has 2 aromatic carbocycles. The Morgan fingerprint density at radius 2 is 1.83 bits per heavy atom. The summed E-state index contributed by atoms with van der Waals surface area (Å²) in [6, 6.07) is 15.6. The molecule has 1 amide bonds. The SMILES string of the molecule is Cc1oc(-c2ccccc2)nc1C(=O)Nc1nc(-c2ccccc2OC(F)F)cs1. The van der Waals surface area contributed by atoms with Gasteiger partial charge in [-0.15, -0.1) is 11.3 Å². The van der Waals surface area contributed by atoms with Crippen LogP contribution in [0.3, 0.4) is 0 Å². The first-order chi connectivity index (χ1) is 14.5. The molecule has 4 aromatic rings. The van der Waals surface area contributed by atoms with Crippen LogP contribution in [0.15, 0.2) is 64.4 Å². The third-order valence-electron chi connectivity index (χ3n) is 4.14. The number of alkyl halides is 2. The number of para-hydroxylation sites is 1. The number of halogens is 2. The number of rotatable bonds is 6. The van der Waals surface area contributed by atoms with Crippen LogP contribution < -0.4 is 10.1 Å². The molecule has 1 N–H and O–H groups in total. The number of benzene rings is 2. The van der Waals surface area contributed by atoms with Crippen LogP contribution in [0.2, 0.25) is 0 Å². The largest absolute Gasteiger partial charge is 0.441 e. The van der Waals surface area contributed by atoms with E-state index < -0.39 is 12.5 Å². The average Bonchev–Trinajstić information content (AvgIpc) is 3.35. The van der Waals surface area contributed by atoms with E-state index in [1.165, 1.54) is 6.07 Å². The van der Waals surface area contributed by atoms with Gasteiger partial charge in [0, 0.05) is 16.5 Å². The predicted octanol–water partition coefficient (Wildman–Crippen LogP) is 5.63. The van der Waals surface area contributed by atoms with Crippen molar-refractivity contribution in [1.29, 1.82) is 0 Å². The number of amides is 1. The van der Waals surface area contributed by atoms with Crippen LogP contribution in [0, 0.1) is 6.92 Å². The summed E-state index contributed by atoms with van der Waals surface area (Å²) in [5.74, 6) is 0.252. The lowest BCUT2D eigenvalue weighted by Gasteiger charge is -2.08. The summed E-state index contributed by atoms with van der Waals surface area (Å²) in [6.45, 7) is -1.29. The number of thiazole rings is 1. The summed E-state index contributed by atoms with van der Waals surface area (Å²) in [6.07, 6.45) is 0. The highest BCUT2D eigenvalue weighted by atomic mass is 32.1. The minimum absolute atomic E-state index is 0.00975. The number of carbonyl (C=O) groups excluding carboxylic acids is 1. The Bertz CT molecular complexity index is 1180. The summed E-state index contributed by atoms with van der Waals surface area (Å²) in [7, 11) is 0. The van der Waals surface area contributed by atoms with Crippen LogP contribution in [-0.2, 0) is 0 Å². The summed E-state index contributed by atoms with van der Waals surface area (Å²) >= 11 is 1.16. The second-order valence-electron chi connectivity index (χ2n) is 6.16. The standard InChI is InChI=1S/C21H15F2N3O3S/c1-12-17(25-19(28-12)13-7-3-2-4-8-13)18(27)26-21-24-15(11-30-21)14-9-5-6-10-16(14)29-20(22)23/h2-11,20H,1H3,(H,24,26,27). The van der Waals surface area contributed by atoms with Crippen molar-refractivity contribution < 1.29 is 22.7 Å². The third-order valence-corrected chi connectivity index (χ3v) is 4.89. The molecule has 0 aliphatic carbocycles. The molecule has 30 heavy (non-hydrogen) atoms. The Kier molecular flexibility index (Phi) is 5.53. The molecule has 6 nitrogen and oxygen atoms in total. The molecule has 0 radical (unpaired) electrons. The van der Waals surface area contributed by atoms with Crippen molar-refractivity contribution in [2.75, 3.05) is 5.32 Å². The Labute approximate surface area is 174 Å². The van der Waals surface area contributed by atoms with E-state index in [9.17, 15) is 13.6 Å². The van der Waals surface area contributed by atoms with Crippen LogP contribution in [0.1, 0.15) is 16.2 Å². The van der Waals surface area contributed by atoms with E-state index in [1.807, 2.05) is 30.3 Å². The molecule has 0 aliphatic rings. The van der Waals surface area contributed by atoms with Gasteiger partial charge in [0.1, 0.15) is 11.5 Å². The van der Waals surface area contributed by atoms with Crippen LogP contribution in [0.5, 0.6) is 5.75 Å². The molecule has 0 saturated heterocycles. The van der Waals surface area contributed by atoms with Crippen molar-refractivity contribution in [3.8, 4) is 28.5 Å². The van der Waals surface area contributed by atoms with Crippen LogP contribution in [0.25, 0.3) is 22.7 Å². The van der Waals surface area contributed by atoms with Crippen molar-refractivity contribution in [2.45, 2.75) is 13.5 Å². The second kappa shape index (κ2) is 8.42. The van der Waals surface area contributed by atoms with Crippen LogP contribution >= 0.6 is 11.3 Å². The lowest BCUT2D eigenvalue weighted by molar-refractivity contribution is -0.0494. The van der Waals surface area contributed by atoms with E-state index in [0.717, 1.165) is 16.9 Å². The number of hydrogen-bond acceptors (Lipinski definition) is 6. The lowest BCUT2D eigenvalue weighted by Crippen LogP contribution is -2.13. The van der Waals surface area contributed by atoms with Crippen molar-refractivity contribution in [3.05, 3.63) is 71.4 Å². The smallest absolute Gasteiger partial charge is 0.387 e. The molecule has 0 atom stereocenters. The van der Waals surface area contributed by atoms with Gasteiger partial charge in [0.15, 0.2) is 10.8 Å². The van der Waals surface area contributed by atoms with Gasteiger partial charge >= 0.3 is 6.61 Å². The number of carbonyl (C=O) groups is 1. The van der Waals surface area contributed by atoms with E-state index in [0.29, 0.717) is 28.0 Å². The zero-order chi connectivity index (χ0) is 21.1. The van der Waals surface area contributed by atoms with E-state index in [2.05, 4.69) is 20.0 Å². The van der Waals surface area contributed by atoms with Gasteiger partial charge in [0.2, 0.25) is 5.89 Å². The third kappa shape index (κ3) is 4.20. The Hall–Kier alpha value is -3.59. The van der Waals surface area contributed by atoms with E-state index in [1.54, 1.807) is 30.5 Å². The first-order valence-electron chi connectivity index (χ1n) is 8.85. The highest BCUT2D eigenvalue weighted by molar-refractivity contribution is 7.14. The Balaban J connectivity index is 1.54. The van der Waals surface area contributed by atoms with E-state index in [4.69, 9.17) is 4.42 Å². The summed E-state index contributed by atoms with van der Waals surface area (Å²) in [5, 5.41) is 4.62. The number of oxazole rings is 1. The number of anilines is 1. The quantitative estimate of drug-likeness (QED) is 0.432. The average molecular weight is 427 g/mol. The lowest BCUT2D eigenvalue weighted by atomic mass is 10.1. The summed E-state index contributed by atoms with van der Waals surface area (Å²) in [4.78, 5) is 21.2. The fraction of sp³-hybridized carbons (Fsp3) is 0.0952. The van der Waals surface area contributed by atoms with Crippen molar-refractivity contribution >= 4 is 22.4 Å². The maximum Gasteiger partial charge on any atom is 0.387 e. The summed E-state index contributed by atoms with van der Waals surface area (Å²) < 4.78 is 35.4. The Morgan fingerprint density at radius 3 is 2.60 bits per heavy atom. The maximum absolute atomic E-state index is 12.6. The number of aromatic nitrogens is 2. The van der Waals surface area contributed by atoms with E-state index in [-0.39, 0.29) is 11.4 Å².